The number of hydrogen-bond acceptors (Lipinski definition) is 4. The average Bonchev–Trinajstić information content (AvgIpc) is 2.37. The lowest BCUT2D eigenvalue weighted by molar-refractivity contribution is -0.140. The summed E-state index contributed by atoms with van der Waals surface area (Å²) >= 11 is 0. The lowest BCUT2D eigenvalue weighted by Crippen LogP contribution is -2.48. The number of ether oxygens (including phenoxy) is 1. The standard InChI is InChI=1S/C12H23N3O4/c1-2-19-10(7-11(16)17)8-14-12(18)15-9-3-5-13-6-4-9/h9-10,13H,2-8H2,1H3,(H,16,17)(H2,14,15,18). The van der Waals surface area contributed by atoms with Gasteiger partial charge in [-0.3, -0.25) is 4.79 Å². The summed E-state index contributed by atoms with van der Waals surface area (Å²) in [5.41, 5.74) is 0. The summed E-state index contributed by atoms with van der Waals surface area (Å²) in [4.78, 5) is 22.3. The number of hydrogen-bond donors (Lipinski definition) is 4. The third kappa shape index (κ3) is 6.97. The van der Waals surface area contributed by atoms with E-state index in [0.29, 0.717) is 6.61 Å². The molecule has 110 valence electrons. The highest BCUT2D eigenvalue weighted by atomic mass is 16.5. The molecule has 1 aliphatic heterocycles. The van der Waals surface area contributed by atoms with Crippen LogP contribution in [-0.4, -0.2) is 55.5 Å². The molecule has 0 aromatic rings. The first kappa shape index (κ1) is 15.7. The van der Waals surface area contributed by atoms with Crippen LogP contribution in [0.4, 0.5) is 4.79 Å². The van der Waals surface area contributed by atoms with Crippen LogP contribution >= 0.6 is 0 Å². The second-order valence-corrected chi connectivity index (χ2v) is 4.55. The molecule has 0 spiro atoms. The third-order valence-corrected chi connectivity index (χ3v) is 2.97. The first-order valence-electron chi connectivity index (χ1n) is 6.70. The number of carbonyl (C=O) groups excluding carboxylic acids is 1. The van der Waals surface area contributed by atoms with Crippen molar-refractivity contribution in [3.8, 4) is 0 Å². The molecule has 0 saturated carbocycles. The van der Waals surface area contributed by atoms with Crippen LogP contribution in [0.25, 0.3) is 0 Å². The Balaban J connectivity index is 2.23. The molecule has 4 N–H and O–H groups in total. The summed E-state index contributed by atoms with van der Waals surface area (Å²) in [7, 11) is 0. The number of carbonyl (C=O) groups is 2. The summed E-state index contributed by atoms with van der Waals surface area (Å²) in [5, 5.41) is 17.5. The van der Waals surface area contributed by atoms with Gasteiger partial charge in [0.25, 0.3) is 0 Å². The fourth-order valence-corrected chi connectivity index (χ4v) is 2.03. The van der Waals surface area contributed by atoms with Gasteiger partial charge in [-0.25, -0.2) is 4.79 Å². The van der Waals surface area contributed by atoms with Crippen LogP contribution in [-0.2, 0) is 9.53 Å². The lowest BCUT2D eigenvalue weighted by Gasteiger charge is -2.24. The van der Waals surface area contributed by atoms with Crippen LogP contribution in [0.15, 0.2) is 0 Å². The number of aliphatic carboxylic acids is 1. The first-order chi connectivity index (χ1) is 9.11. The number of carboxylic acid groups (broad SMARTS) is 1. The number of amides is 2. The van der Waals surface area contributed by atoms with Crippen molar-refractivity contribution in [2.45, 2.75) is 38.3 Å². The van der Waals surface area contributed by atoms with Crippen molar-refractivity contribution >= 4 is 12.0 Å². The van der Waals surface area contributed by atoms with E-state index in [1.165, 1.54) is 0 Å². The molecule has 2 amide bonds. The summed E-state index contributed by atoms with van der Waals surface area (Å²) < 4.78 is 5.26. The fraction of sp³-hybridized carbons (Fsp3) is 0.833. The predicted molar refractivity (Wildman–Crippen MR) is 70.1 cm³/mol. The molecule has 0 aromatic carbocycles. The van der Waals surface area contributed by atoms with Crippen LogP contribution in [0, 0.1) is 0 Å². The smallest absolute Gasteiger partial charge is 0.315 e. The van der Waals surface area contributed by atoms with E-state index in [-0.39, 0.29) is 25.0 Å². The van der Waals surface area contributed by atoms with E-state index in [0.717, 1.165) is 25.9 Å². The van der Waals surface area contributed by atoms with Gasteiger partial charge in [0.1, 0.15) is 0 Å². The summed E-state index contributed by atoms with van der Waals surface area (Å²) in [6, 6.07) is -0.0757. The number of piperidine rings is 1. The Morgan fingerprint density at radius 2 is 2.11 bits per heavy atom. The quantitative estimate of drug-likeness (QED) is 0.520. The largest absolute Gasteiger partial charge is 0.481 e. The maximum absolute atomic E-state index is 11.7. The molecule has 19 heavy (non-hydrogen) atoms. The Hall–Kier alpha value is -1.34. The number of urea groups is 1. The molecule has 1 rings (SSSR count). The molecule has 1 fully saturated rings. The Morgan fingerprint density at radius 3 is 2.68 bits per heavy atom. The summed E-state index contributed by atoms with van der Waals surface area (Å²) in [6.45, 7) is 4.24. The van der Waals surface area contributed by atoms with Crippen LogP contribution in [0.3, 0.4) is 0 Å². The Bertz CT molecular complexity index is 293. The number of carboxylic acids is 1. The van der Waals surface area contributed by atoms with Crippen molar-refractivity contribution in [1.29, 1.82) is 0 Å². The van der Waals surface area contributed by atoms with Gasteiger partial charge in [-0.15, -0.1) is 0 Å². The minimum atomic E-state index is -0.931. The maximum Gasteiger partial charge on any atom is 0.315 e. The Labute approximate surface area is 113 Å². The molecule has 0 radical (unpaired) electrons. The molecule has 0 bridgehead atoms. The number of rotatable bonds is 7. The second-order valence-electron chi connectivity index (χ2n) is 4.55. The van der Waals surface area contributed by atoms with Crippen LogP contribution in [0.1, 0.15) is 26.2 Å². The van der Waals surface area contributed by atoms with E-state index in [2.05, 4.69) is 16.0 Å². The van der Waals surface area contributed by atoms with Crippen molar-refractivity contribution in [3.05, 3.63) is 0 Å². The predicted octanol–water partition coefficient (Wildman–Crippen LogP) is -0.0826. The SMILES string of the molecule is CCOC(CNC(=O)NC1CCNCC1)CC(=O)O. The number of nitrogens with one attached hydrogen (secondary N) is 3. The molecule has 7 nitrogen and oxygen atoms in total. The highest BCUT2D eigenvalue weighted by molar-refractivity contribution is 5.74. The fourth-order valence-electron chi connectivity index (χ4n) is 2.03. The minimum absolute atomic E-state index is 0.110. The van der Waals surface area contributed by atoms with Crippen molar-refractivity contribution < 1.29 is 19.4 Å². The van der Waals surface area contributed by atoms with E-state index >= 15 is 0 Å². The van der Waals surface area contributed by atoms with E-state index in [4.69, 9.17) is 9.84 Å². The molecule has 0 aromatic heterocycles. The van der Waals surface area contributed by atoms with Crippen LogP contribution < -0.4 is 16.0 Å². The van der Waals surface area contributed by atoms with E-state index in [1.807, 2.05) is 0 Å². The Kier molecular flexibility index (Phi) is 7.20. The molecule has 7 heteroatoms. The van der Waals surface area contributed by atoms with Crippen molar-refractivity contribution in [2.24, 2.45) is 0 Å². The lowest BCUT2D eigenvalue weighted by atomic mass is 10.1. The third-order valence-electron chi connectivity index (χ3n) is 2.97. The molecule has 1 heterocycles. The van der Waals surface area contributed by atoms with Crippen LogP contribution in [0.5, 0.6) is 0 Å². The highest BCUT2D eigenvalue weighted by Crippen LogP contribution is 2.02. The van der Waals surface area contributed by atoms with Gasteiger partial charge < -0.3 is 25.8 Å². The summed E-state index contributed by atoms with van der Waals surface area (Å²) in [6.07, 6.45) is 1.23. The van der Waals surface area contributed by atoms with Gasteiger partial charge >= 0.3 is 12.0 Å². The van der Waals surface area contributed by atoms with Crippen molar-refractivity contribution in [3.63, 3.8) is 0 Å². The first-order valence-corrected chi connectivity index (χ1v) is 6.70. The monoisotopic (exact) mass is 273 g/mol. The average molecular weight is 273 g/mol. The van der Waals surface area contributed by atoms with Gasteiger partial charge in [-0.2, -0.15) is 0 Å². The van der Waals surface area contributed by atoms with Gasteiger partial charge in [0.2, 0.25) is 0 Å². The van der Waals surface area contributed by atoms with E-state index < -0.39 is 12.1 Å². The van der Waals surface area contributed by atoms with Gasteiger partial charge in [-0.1, -0.05) is 0 Å². The van der Waals surface area contributed by atoms with E-state index in [1.54, 1.807) is 6.92 Å². The minimum Gasteiger partial charge on any atom is -0.481 e. The molecule has 1 aliphatic rings. The van der Waals surface area contributed by atoms with Gasteiger partial charge in [0.05, 0.1) is 12.5 Å². The van der Waals surface area contributed by atoms with Gasteiger partial charge in [0.15, 0.2) is 0 Å². The molecule has 1 atom stereocenters. The zero-order valence-electron chi connectivity index (χ0n) is 11.3. The molecule has 1 unspecified atom stereocenters. The zero-order valence-corrected chi connectivity index (χ0v) is 11.3. The second kappa shape index (κ2) is 8.71. The molecule has 1 saturated heterocycles. The topological polar surface area (TPSA) is 99.7 Å². The van der Waals surface area contributed by atoms with Gasteiger partial charge in [-0.05, 0) is 32.9 Å². The molecule has 0 aliphatic carbocycles. The Morgan fingerprint density at radius 1 is 1.42 bits per heavy atom. The molecular weight excluding hydrogens is 250 g/mol. The van der Waals surface area contributed by atoms with Crippen LogP contribution in [0.2, 0.25) is 0 Å². The normalized spacial score (nSPS) is 17.7. The van der Waals surface area contributed by atoms with Gasteiger partial charge in [0, 0.05) is 19.2 Å². The summed E-state index contributed by atoms with van der Waals surface area (Å²) in [5.74, 6) is -0.931. The maximum atomic E-state index is 11.7. The highest BCUT2D eigenvalue weighted by Gasteiger charge is 2.17. The molecular formula is C12H23N3O4. The zero-order chi connectivity index (χ0) is 14.1. The van der Waals surface area contributed by atoms with E-state index in [9.17, 15) is 9.59 Å². The van der Waals surface area contributed by atoms with Crippen molar-refractivity contribution in [1.82, 2.24) is 16.0 Å². The van der Waals surface area contributed by atoms with Crippen molar-refractivity contribution in [2.75, 3.05) is 26.2 Å².